The summed E-state index contributed by atoms with van der Waals surface area (Å²) in [6.07, 6.45) is 2.70. The molecule has 2 aromatic carbocycles. The van der Waals surface area contributed by atoms with Crippen LogP contribution in [0.2, 0.25) is 0 Å². The lowest BCUT2D eigenvalue weighted by Gasteiger charge is -2.35. The predicted molar refractivity (Wildman–Crippen MR) is 104 cm³/mol. The molecule has 0 fully saturated rings. The first kappa shape index (κ1) is 19.6. The van der Waals surface area contributed by atoms with Gasteiger partial charge in [-0.25, -0.2) is 4.39 Å². The van der Waals surface area contributed by atoms with Gasteiger partial charge >= 0.3 is 0 Å². The summed E-state index contributed by atoms with van der Waals surface area (Å²) >= 11 is 0. The summed E-state index contributed by atoms with van der Waals surface area (Å²) in [5, 5.41) is 11.1. The first-order valence-corrected chi connectivity index (χ1v) is 9.71. The topological polar surface area (TPSA) is 37.3 Å². The van der Waals surface area contributed by atoms with E-state index in [2.05, 4.69) is 13.8 Å². The molecule has 2 rings (SSSR count). The van der Waals surface area contributed by atoms with E-state index >= 15 is 0 Å². The van der Waals surface area contributed by atoms with Crippen LogP contribution >= 0.6 is 8.58 Å². The van der Waals surface area contributed by atoms with Crippen LogP contribution in [0.25, 0.3) is 0 Å². The third-order valence-electron chi connectivity index (χ3n) is 4.68. The Balaban J connectivity index is 2.59. The monoisotopic (exact) mass is 360 g/mol. The summed E-state index contributed by atoms with van der Waals surface area (Å²) in [5.41, 5.74) is 2.46. The quantitative estimate of drug-likeness (QED) is 0.526. The van der Waals surface area contributed by atoms with E-state index in [1.54, 1.807) is 12.1 Å². The van der Waals surface area contributed by atoms with E-state index in [0.717, 1.165) is 35.7 Å². The van der Waals surface area contributed by atoms with Crippen LogP contribution in [0.4, 0.5) is 4.39 Å². The zero-order valence-electron chi connectivity index (χ0n) is 15.3. The summed E-state index contributed by atoms with van der Waals surface area (Å²) in [6, 6.07) is 10.1. The van der Waals surface area contributed by atoms with Gasteiger partial charge in [0.2, 0.25) is 0 Å². The number of carbonyl (C=O) groups is 1. The van der Waals surface area contributed by atoms with Crippen molar-refractivity contribution >= 4 is 19.7 Å². The van der Waals surface area contributed by atoms with Gasteiger partial charge in [-0.05, 0) is 50.2 Å². The molecule has 4 heteroatoms. The number of ketones is 1. The van der Waals surface area contributed by atoms with E-state index in [4.69, 9.17) is 0 Å². The highest BCUT2D eigenvalue weighted by Crippen LogP contribution is 2.51. The van der Waals surface area contributed by atoms with Crippen molar-refractivity contribution in [1.29, 1.82) is 0 Å². The molecule has 0 amide bonds. The number of hydrogen-bond acceptors (Lipinski definition) is 2. The van der Waals surface area contributed by atoms with Crippen LogP contribution in [0.1, 0.15) is 61.5 Å². The van der Waals surface area contributed by atoms with Gasteiger partial charge in [0.05, 0.1) is 0 Å². The van der Waals surface area contributed by atoms with Crippen LogP contribution in [-0.2, 0) is 5.16 Å². The second kappa shape index (κ2) is 8.10. The largest absolute Gasteiger partial charge is 0.508 e. The molecular formula is C21H26FO2P. The Hall–Kier alpha value is -1.73. The van der Waals surface area contributed by atoms with Crippen molar-refractivity contribution in [3.63, 3.8) is 0 Å². The number of phenolic OH excluding ortho intramolecular Hbond substituents is 1. The molecule has 25 heavy (non-hydrogen) atoms. The average molecular weight is 360 g/mol. The molecule has 0 aromatic heterocycles. The summed E-state index contributed by atoms with van der Waals surface area (Å²) in [7, 11) is 0.283. The maximum atomic E-state index is 13.6. The third kappa shape index (κ3) is 4.27. The fourth-order valence-electron chi connectivity index (χ4n) is 3.35. The summed E-state index contributed by atoms with van der Waals surface area (Å²) < 4.78 is 13.6. The zero-order valence-corrected chi connectivity index (χ0v) is 16.3. The molecule has 1 N–H and O–H groups in total. The van der Waals surface area contributed by atoms with Crippen molar-refractivity contribution in [2.75, 3.05) is 0 Å². The molecule has 0 bridgehead atoms. The van der Waals surface area contributed by atoms with Crippen molar-refractivity contribution in [3.05, 3.63) is 58.9 Å². The molecule has 2 aromatic rings. The number of aryl methyl sites for hydroxylation is 1. The van der Waals surface area contributed by atoms with Gasteiger partial charge in [-0.3, -0.25) is 4.79 Å². The Labute approximate surface area is 151 Å². The molecule has 2 atom stereocenters. The Bertz CT molecular complexity index is 772. The van der Waals surface area contributed by atoms with Crippen molar-refractivity contribution in [2.24, 2.45) is 0 Å². The van der Waals surface area contributed by atoms with Crippen LogP contribution < -0.4 is 5.30 Å². The van der Waals surface area contributed by atoms with Crippen molar-refractivity contribution in [3.8, 4) is 5.75 Å². The van der Waals surface area contributed by atoms with Crippen LogP contribution in [0.5, 0.6) is 5.75 Å². The summed E-state index contributed by atoms with van der Waals surface area (Å²) in [4.78, 5) is 12.0. The second-order valence-electron chi connectivity index (χ2n) is 6.58. The van der Waals surface area contributed by atoms with Crippen molar-refractivity contribution < 1.29 is 14.3 Å². The number of carbonyl (C=O) groups excluding carboxylic acids is 1. The molecule has 0 aliphatic carbocycles. The van der Waals surface area contributed by atoms with Gasteiger partial charge in [0.1, 0.15) is 11.6 Å². The van der Waals surface area contributed by atoms with Gasteiger partial charge in [-0.2, -0.15) is 0 Å². The van der Waals surface area contributed by atoms with E-state index in [0.29, 0.717) is 11.3 Å². The maximum Gasteiger partial charge on any atom is 0.160 e. The Morgan fingerprint density at radius 3 is 2.52 bits per heavy atom. The second-order valence-corrected chi connectivity index (χ2v) is 8.32. The molecule has 134 valence electrons. The zero-order chi connectivity index (χ0) is 18.6. The molecule has 0 spiro atoms. The minimum absolute atomic E-state index is 0.128. The van der Waals surface area contributed by atoms with Gasteiger partial charge in [0.15, 0.2) is 5.78 Å². The highest BCUT2D eigenvalue weighted by molar-refractivity contribution is 7.48. The number of Topliss-reactive ketones (excluding diaryl/α,β-unsaturated/α-hetero) is 1. The highest BCUT2D eigenvalue weighted by atomic mass is 31.1. The third-order valence-corrected chi connectivity index (χ3v) is 6.74. The lowest BCUT2D eigenvalue weighted by Crippen LogP contribution is -2.25. The fraction of sp³-hybridized carbons (Fsp3) is 0.381. The molecular weight excluding hydrogens is 334 g/mol. The Kier molecular flexibility index (Phi) is 6.35. The standard InChI is InChI=1S/C21H26FO2P/c1-5-11-21(6-2,18-12-14(3)7-9-19(18)24)25-20-10-8-16(22)13-17(20)15(4)23/h7-10,12-13,24-25H,5-6,11H2,1-4H3. The highest BCUT2D eigenvalue weighted by Gasteiger charge is 2.33. The molecule has 0 saturated carbocycles. The Morgan fingerprint density at radius 2 is 1.92 bits per heavy atom. The van der Waals surface area contributed by atoms with E-state index in [9.17, 15) is 14.3 Å². The number of phenols is 1. The number of hydrogen-bond donors (Lipinski definition) is 1. The smallest absolute Gasteiger partial charge is 0.160 e. The average Bonchev–Trinajstić information content (AvgIpc) is 2.58. The summed E-state index contributed by atoms with van der Waals surface area (Å²) in [6.45, 7) is 7.72. The van der Waals surface area contributed by atoms with Gasteiger partial charge in [-0.1, -0.05) is 52.6 Å². The summed E-state index contributed by atoms with van der Waals surface area (Å²) in [5.74, 6) is -0.230. The number of rotatable bonds is 7. The minimum Gasteiger partial charge on any atom is -0.508 e. The van der Waals surface area contributed by atoms with Crippen LogP contribution in [-0.4, -0.2) is 10.9 Å². The molecule has 2 nitrogen and oxygen atoms in total. The molecule has 0 aliphatic heterocycles. The van der Waals surface area contributed by atoms with Gasteiger partial charge in [0.25, 0.3) is 0 Å². The van der Waals surface area contributed by atoms with Gasteiger partial charge < -0.3 is 5.11 Å². The first-order valence-electron chi connectivity index (χ1n) is 8.71. The Morgan fingerprint density at radius 1 is 1.20 bits per heavy atom. The lowest BCUT2D eigenvalue weighted by atomic mass is 9.89. The number of halogens is 1. The fourth-order valence-corrected chi connectivity index (χ4v) is 5.31. The van der Waals surface area contributed by atoms with Gasteiger partial charge in [0, 0.05) is 16.3 Å². The van der Waals surface area contributed by atoms with Gasteiger partial charge in [-0.15, -0.1) is 0 Å². The SMILES string of the molecule is CCCC(CC)(Pc1ccc(F)cc1C(C)=O)c1cc(C)ccc1O. The van der Waals surface area contributed by atoms with E-state index in [1.165, 1.54) is 19.1 Å². The van der Waals surface area contributed by atoms with Crippen molar-refractivity contribution in [2.45, 2.75) is 52.1 Å². The lowest BCUT2D eigenvalue weighted by molar-refractivity contribution is 0.101. The van der Waals surface area contributed by atoms with Crippen LogP contribution in [0.15, 0.2) is 36.4 Å². The predicted octanol–water partition coefficient (Wildman–Crippen LogP) is 5.45. The maximum absolute atomic E-state index is 13.6. The van der Waals surface area contributed by atoms with E-state index < -0.39 is 5.82 Å². The molecule has 0 heterocycles. The van der Waals surface area contributed by atoms with Crippen LogP contribution in [0.3, 0.4) is 0 Å². The number of benzene rings is 2. The van der Waals surface area contributed by atoms with E-state index in [-0.39, 0.29) is 19.5 Å². The minimum atomic E-state index is -0.394. The van der Waals surface area contributed by atoms with Crippen molar-refractivity contribution in [1.82, 2.24) is 0 Å². The van der Waals surface area contributed by atoms with Crippen LogP contribution in [0, 0.1) is 12.7 Å². The molecule has 0 radical (unpaired) electrons. The molecule has 0 aliphatic rings. The number of aromatic hydroxyl groups is 1. The normalized spacial score (nSPS) is 14.0. The molecule has 2 unspecified atom stereocenters. The first-order chi connectivity index (χ1) is 11.8. The van der Waals surface area contributed by atoms with E-state index in [1.807, 2.05) is 19.1 Å². The molecule has 0 saturated heterocycles.